The molecule has 1 rings (SSSR count). The highest BCUT2D eigenvalue weighted by atomic mass is 16.5. The van der Waals surface area contributed by atoms with Gasteiger partial charge in [0, 0.05) is 17.1 Å². The van der Waals surface area contributed by atoms with Gasteiger partial charge in [0.25, 0.3) is 0 Å². The maximum absolute atomic E-state index is 8.89. The van der Waals surface area contributed by atoms with E-state index >= 15 is 0 Å². The Morgan fingerprint density at radius 1 is 1.50 bits per heavy atom. The van der Waals surface area contributed by atoms with E-state index < -0.39 is 0 Å². The summed E-state index contributed by atoms with van der Waals surface area (Å²) in [5.41, 5.74) is 10.6. The van der Waals surface area contributed by atoms with Gasteiger partial charge in [0.2, 0.25) is 0 Å². The number of aliphatic hydroxyl groups excluding tert-OH is 1. The van der Waals surface area contributed by atoms with Gasteiger partial charge in [-0.2, -0.15) is 0 Å². The van der Waals surface area contributed by atoms with Gasteiger partial charge in [0.05, 0.1) is 12.6 Å². The fourth-order valence-electron chi connectivity index (χ4n) is 1.84. The van der Waals surface area contributed by atoms with Crippen molar-refractivity contribution in [2.45, 2.75) is 32.7 Å². The second-order valence-corrected chi connectivity index (χ2v) is 4.06. The zero-order valence-corrected chi connectivity index (χ0v) is 10.8. The molecule has 18 heavy (non-hydrogen) atoms. The first-order valence-electron chi connectivity index (χ1n) is 6.11. The molecule has 0 aliphatic heterocycles. The number of azide groups is 1. The Kier molecular flexibility index (Phi) is 6.05. The lowest BCUT2D eigenvalue weighted by atomic mass is 10.00. The SMILES string of the molecule is CCOc1ccc(C)cc1C(CCCO)N=[N+]=[N-]. The van der Waals surface area contributed by atoms with Gasteiger partial charge in [0.1, 0.15) is 5.75 Å². The lowest BCUT2D eigenvalue weighted by molar-refractivity contribution is 0.278. The molecule has 0 fully saturated rings. The van der Waals surface area contributed by atoms with Crippen LogP contribution >= 0.6 is 0 Å². The molecule has 0 bridgehead atoms. The van der Waals surface area contributed by atoms with Crippen molar-refractivity contribution in [3.8, 4) is 5.75 Å². The molecule has 0 radical (unpaired) electrons. The molecule has 0 heterocycles. The lowest BCUT2D eigenvalue weighted by Crippen LogP contribution is -2.02. The van der Waals surface area contributed by atoms with Crippen molar-refractivity contribution < 1.29 is 9.84 Å². The van der Waals surface area contributed by atoms with Crippen molar-refractivity contribution in [1.82, 2.24) is 0 Å². The predicted molar refractivity (Wildman–Crippen MR) is 70.6 cm³/mol. The van der Waals surface area contributed by atoms with Crippen LogP contribution in [0.2, 0.25) is 0 Å². The lowest BCUT2D eigenvalue weighted by Gasteiger charge is -2.16. The van der Waals surface area contributed by atoms with E-state index in [1.807, 2.05) is 32.0 Å². The fourth-order valence-corrected chi connectivity index (χ4v) is 1.84. The first kappa shape index (κ1) is 14.4. The van der Waals surface area contributed by atoms with Crippen LogP contribution in [0, 0.1) is 6.92 Å². The van der Waals surface area contributed by atoms with E-state index in [4.69, 9.17) is 15.4 Å². The monoisotopic (exact) mass is 249 g/mol. The molecule has 98 valence electrons. The number of hydrogen-bond acceptors (Lipinski definition) is 3. The highest BCUT2D eigenvalue weighted by Crippen LogP contribution is 2.32. The maximum atomic E-state index is 8.89. The number of aryl methyl sites for hydroxylation is 1. The van der Waals surface area contributed by atoms with E-state index in [-0.39, 0.29) is 12.6 Å². The van der Waals surface area contributed by atoms with Crippen molar-refractivity contribution in [1.29, 1.82) is 0 Å². The Hall–Kier alpha value is -1.71. The minimum Gasteiger partial charge on any atom is -0.494 e. The van der Waals surface area contributed by atoms with Crippen LogP contribution in [0.25, 0.3) is 10.4 Å². The Bertz CT molecular complexity index is 428. The second kappa shape index (κ2) is 7.58. The molecular weight excluding hydrogens is 230 g/mol. The first-order valence-corrected chi connectivity index (χ1v) is 6.11. The van der Waals surface area contributed by atoms with Crippen LogP contribution in [-0.2, 0) is 0 Å². The van der Waals surface area contributed by atoms with Crippen LogP contribution in [0.5, 0.6) is 5.75 Å². The largest absolute Gasteiger partial charge is 0.494 e. The van der Waals surface area contributed by atoms with E-state index in [0.717, 1.165) is 16.9 Å². The number of aliphatic hydroxyl groups is 1. The standard InChI is InChI=1S/C13H19N3O2/c1-3-18-13-7-6-10(2)9-11(13)12(15-16-14)5-4-8-17/h6-7,9,12,17H,3-5,8H2,1-2H3. The maximum Gasteiger partial charge on any atom is 0.122 e. The third kappa shape index (κ3) is 3.95. The summed E-state index contributed by atoms with van der Waals surface area (Å²) < 4.78 is 5.55. The summed E-state index contributed by atoms with van der Waals surface area (Å²) in [6.07, 6.45) is 1.22. The molecule has 5 heteroatoms. The van der Waals surface area contributed by atoms with Gasteiger partial charge in [-0.3, -0.25) is 0 Å². The van der Waals surface area contributed by atoms with E-state index in [0.29, 0.717) is 19.4 Å². The average Bonchev–Trinajstić information content (AvgIpc) is 2.37. The number of rotatable bonds is 7. The van der Waals surface area contributed by atoms with Crippen LogP contribution < -0.4 is 4.74 Å². The summed E-state index contributed by atoms with van der Waals surface area (Å²) in [5.74, 6) is 0.749. The molecule has 1 aromatic carbocycles. The molecule has 0 aliphatic rings. The summed E-state index contributed by atoms with van der Waals surface area (Å²) in [6, 6.07) is 5.55. The smallest absolute Gasteiger partial charge is 0.122 e. The van der Waals surface area contributed by atoms with Crippen molar-refractivity contribution >= 4 is 0 Å². The zero-order chi connectivity index (χ0) is 13.4. The third-order valence-corrected chi connectivity index (χ3v) is 2.65. The van der Waals surface area contributed by atoms with Crippen LogP contribution in [-0.4, -0.2) is 18.3 Å². The molecular formula is C13H19N3O2. The summed E-state index contributed by atoms with van der Waals surface area (Å²) in [4.78, 5) is 2.88. The van der Waals surface area contributed by atoms with Crippen molar-refractivity contribution in [3.05, 3.63) is 39.8 Å². The molecule has 0 amide bonds. The Morgan fingerprint density at radius 2 is 2.28 bits per heavy atom. The van der Waals surface area contributed by atoms with Crippen LogP contribution in [0.1, 0.15) is 36.9 Å². The fraction of sp³-hybridized carbons (Fsp3) is 0.538. The normalized spacial score (nSPS) is 11.7. The van der Waals surface area contributed by atoms with E-state index in [1.54, 1.807) is 0 Å². The molecule has 0 aliphatic carbocycles. The van der Waals surface area contributed by atoms with Gasteiger partial charge >= 0.3 is 0 Å². The van der Waals surface area contributed by atoms with Gasteiger partial charge < -0.3 is 9.84 Å². The third-order valence-electron chi connectivity index (χ3n) is 2.65. The van der Waals surface area contributed by atoms with Gasteiger partial charge in [-0.05, 0) is 38.3 Å². The van der Waals surface area contributed by atoms with E-state index in [9.17, 15) is 0 Å². The highest BCUT2D eigenvalue weighted by Gasteiger charge is 2.15. The predicted octanol–water partition coefficient (Wildman–Crippen LogP) is 3.52. The number of ether oxygens (including phenoxy) is 1. The van der Waals surface area contributed by atoms with Gasteiger partial charge in [0.15, 0.2) is 0 Å². The molecule has 1 aromatic rings. The zero-order valence-electron chi connectivity index (χ0n) is 10.8. The molecule has 0 aromatic heterocycles. The number of benzene rings is 1. The Labute approximate surface area is 107 Å². The van der Waals surface area contributed by atoms with Crippen molar-refractivity contribution in [3.63, 3.8) is 0 Å². The van der Waals surface area contributed by atoms with Crippen LogP contribution in [0.4, 0.5) is 0 Å². The molecule has 0 spiro atoms. The highest BCUT2D eigenvalue weighted by molar-refractivity contribution is 5.39. The number of nitrogens with zero attached hydrogens (tertiary/aromatic N) is 3. The van der Waals surface area contributed by atoms with Gasteiger partial charge in [-0.1, -0.05) is 22.8 Å². The first-order chi connectivity index (χ1) is 8.72. The molecule has 1 atom stereocenters. The summed E-state index contributed by atoms with van der Waals surface area (Å²) in [5, 5.41) is 12.7. The van der Waals surface area contributed by atoms with Crippen LogP contribution in [0.3, 0.4) is 0 Å². The molecule has 5 nitrogen and oxygen atoms in total. The van der Waals surface area contributed by atoms with E-state index in [1.165, 1.54) is 0 Å². The molecule has 1 N–H and O–H groups in total. The summed E-state index contributed by atoms with van der Waals surface area (Å²) in [7, 11) is 0. The van der Waals surface area contributed by atoms with Crippen molar-refractivity contribution in [2.24, 2.45) is 5.11 Å². The minimum absolute atomic E-state index is 0.0905. The van der Waals surface area contributed by atoms with E-state index in [2.05, 4.69) is 10.0 Å². The van der Waals surface area contributed by atoms with Gasteiger partial charge in [-0.15, -0.1) is 0 Å². The van der Waals surface area contributed by atoms with Crippen LogP contribution in [0.15, 0.2) is 23.3 Å². The summed E-state index contributed by atoms with van der Waals surface area (Å²) in [6.45, 7) is 4.56. The quantitative estimate of drug-likeness (QED) is 0.456. The van der Waals surface area contributed by atoms with Crippen molar-refractivity contribution in [2.75, 3.05) is 13.2 Å². The topological polar surface area (TPSA) is 78.2 Å². The van der Waals surface area contributed by atoms with Gasteiger partial charge in [-0.25, -0.2) is 0 Å². The average molecular weight is 249 g/mol. The molecule has 0 saturated heterocycles. The Morgan fingerprint density at radius 3 is 2.89 bits per heavy atom. The second-order valence-electron chi connectivity index (χ2n) is 4.06. The molecule has 0 saturated carbocycles. The Balaban J connectivity index is 3.07. The number of hydrogen-bond donors (Lipinski definition) is 1. The minimum atomic E-state index is -0.288. The molecule has 1 unspecified atom stereocenters. The summed E-state index contributed by atoms with van der Waals surface area (Å²) >= 11 is 0.